The number of fused-ring (bicyclic) bond motifs is 1. The summed E-state index contributed by atoms with van der Waals surface area (Å²) in [5, 5.41) is 3.39. The Labute approximate surface area is 126 Å². The Kier molecular flexibility index (Phi) is 3.77. The molecule has 0 spiro atoms. The van der Waals surface area contributed by atoms with E-state index in [0.29, 0.717) is 0 Å². The number of hydrogen-bond acceptors (Lipinski definition) is 3. The molecule has 0 saturated carbocycles. The van der Waals surface area contributed by atoms with Crippen molar-refractivity contribution in [2.45, 2.75) is 45.8 Å². The molecule has 3 heteroatoms. The van der Waals surface area contributed by atoms with Crippen molar-refractivity contribution in [1.29, 1.82) is 0 Å². The van der Waals surface area contributed by atoms with E-state index in [1.807, 2.05) is 6.07 Å². The fourth-order valence-corrected chi connectivity index (χ4v) is 2.89. The van der Waals surface area contributed by atoms with Gasteiger partial charge in [-0.25, -0.2) is 0 Å². The van der Waals surface area contributed by atoms with Gasteiger partial charge in [0.1, 0.15) is 17.1 Å². The number of ether oxygens (including phenoxy) is 1. The van der Waals surface area contributed by atoms with Crippen LogP contribution in [-0.4, -0.2) is 12.1 Å². The molecule has 112 valence electrons. The SMILES string of the molecule is CCCNCc1occc1-c1ccc2c(c1)CC(C)(C)O2. The van der Waals surface area contributed by atoms with Crippen molar-refractivity contribution in [3.05, 3.63) is 41.9 Å². The number of furan rings is 1. The average molecular weight is 285 g/mol. The molecule has 0 fully saturated rings. The molecule has 1 aliphatic heterocycles. The van der Waals surface area contributed by atoms with Crippen molar-refractivity contribution in [3.8, 4) is 16.9 Å². The van der Waals surface area contributed by atoms with Crippen LogP contribution in [0, 0.1) is 0 Å². The first-order chi connectivity index (χ1) is 10.1. The second-order valence-electron chi connectivity index (χ2n) is 6.30. The first-order valence-electron chi connectivity index (χ1n) is 7.68. The number of hydrogen-bond donors (Lipinski definition) is 1. The summed E-state index contributed by atoms with van der Waals surface area (Å²) < 4.78 is 11.6. The lowest BCUT2D eigenvalue weighted by atomic mass is 9.98. The van der Waals surface area contributed by atoms with Gasteiger partial charge in [0.2, 0.25) is 0 Å². The van der Waals surface area contributed by atoms with Crippen LogP contribution in [-0.2, 0) is 13.0 Å². The highest BCUT2D eigenvalue weighted by atomic mass is 16.5. The zero-order valence-electron chi connectivity index (χ0n) is 13.0. The summed E-state index contributed by atoms with van der Waals surface area (Å²) in [5.74, 6) is 2.01. The second-order valence-corrected chi connectivity index (χ2v) is 6.30. The molecular formula is C18H23NO2. The average Bonchev–Trinajstić information content (AvgIpc) is 3.00. The van der Waals surface area contributed by atoms with E-state index in [1.165, 1.54) is 16.7 Å². The molecular weight excluding hydrogens is 262 g/mol. The third-order valence-corrected chi connectivity index (χ3v) is 3.83. The van der Waals surface area contributed by atoms with Gasteiger partial charge in [0, 0.05) is 12.0 Å². The normalized spacial score (nSPS) is 15.8. The highest BCUT2D eigenvalue weighted by Gasteiger charge is 2.30. The topological polar surface area (TPSA) is 34.4 Å². The van der Waals surface area contributed by atoms with Gasteiger partial charge < -0.3 is 14.5 Å². The van der Waals surface area contributed by atoms with E-state index in [1.54, 1.807) is 6.26 Å². The Morgan fingerprint density at radius 3 is 2.90 bits per heavy atom. The van der Waals surface area contributed by atoms with Gasteiger partial charge in [0.05, 0.1) is 12.8 Å². The molecule has 3 rings (SSSR count). The number of rotatable bonds is 5. The van der Waals surface area contributed by atoms with Gasteiger partial charge in [-0.1, -0.05) is 13.0 Å². The van der Waals surface area contributed by atoms with Crippen LogP contribution in [0.15, 0.2) is 34.9 Å². The predicted molar refractivity (Wildman–Crippen MR) is 84.6 cm³/mol. The van der Waals surface area contributed by atoms with E-state index in [-0.39, 0.29) is 5.60 Å². The third-order valence-electron chi connectivity index (χ3n) is 3.83. The van der Waals surface area contributed by atoms with Crippen molar-refractivity contribution in [1.82, 2.24) is 5.32 Å². The monoisotopic (exact) mass is 285 g/mol. The summed E-state index contributed by atoms with van der Waals surface area (Å²) in [6, 6.07) is 8.48. The van der Waals surface area contributed by atoms with Crippen LogP contribution in [0.2, 0.25) is 0 Å². The molecule has 1 aromatic heterocycles. The zero-order chi connectivity index (χ0) is 14.9. The Hall–Kier alpha value is -1.74. The van der Waals surface area contributed by atoms with Gasteiger partial charge in [-0.2, -0.15) is 0 Å². The summed E-state index contributed by atoms with van der Waals surface area (Å²) in [5.41, 5.74) is 3.57. The molecule has 2 aromatic rings. The summed E-state index contributed by atoms with van der Waals surface area (Å²) in [6.45, 7) is 8.20. The van der Waals surface area contributed by atoms with Crippen LogP contribution < -0.4 is 10.1 Å². The fourth-order valence-electron chi connectivity index (χ4n) is 2.89. The van der Waals surface area contributed by atoms with Crippen LogP contribution in [0.25, 0.3) is 11.1 Å². The predicted octanol–water partition coefficient (Wildman–Crippen LogP) is 4.16. The molecule has 0 saturated heterocycles. The molecule has 2 heterocycles. The van der Waals surface area contributed by atoms with E-state index in [9.17, 15) is 0 Å². The van der Waals surface area contributed by atoms with Crippen molar-refractivity contribution in [2.75, 3.05) is 6.54 Å². The van der Waals surface area contributed by atoms with E-state index in [4.69, 9.17) is 9.15 Å². The van der Waals surface area contributed by atoms with Crippen LogP contribution in [0.5, 0.6) is 5.75 Å². The highest BCUT2D eigenvalue weighted by molar-refractivity contribution is 5.68. The van der Waals surface area contributed by atoms with Gasteiger partial charge in [-0.3, -0.25) is 0 Å². The minimum absolute atomic E-state index is 0.0944. The van der Waals surface area contributed by atoms with E-state index in [2.05, 4.69) is 44.3 Å². The lowest BCUT2D eigenvalue weighted by Crippen LogP contribution is -2.24. The smallest absolute Gasteiger partial charge is 0.125 e. The van der Waals surface area contributed by atoms with Gasteiger partial charge in [-0.05, 0) is 56.1 Å². The molecule has 21 heavy (non-hydrogen) atoms. The molecule has 0 bridgehead atoms. The minimum atomic E-state index is -0.0944. The van der Waals surface area contributed by atoms with Gasteiger partial charge in [0.15, 0.2) is 0 Å². The molecule has 3 nitrogen and oxygen atoms in total. The molecule has 0 aliphatic carbocycles. The van der Waals surface area contributed by atoms with Gasteiger partial charge >= 0.3 is 0 Å². The second kappa shape index (κ2) is 5.57. The van der Waals surface area contributed by atoms with Crippen LogP contribution in [0.4, 0.5) is 0 Å². The maximum Gasteiger partial charge on any atom is 0.125 e. The summed E-state index contributed by atoms with van der Waals surface area (Å²) in [4.78, 5) is 0. The van der Waals surface area contributed by atoms with Crippen LogP contribution in [0.3, 0.4) is 0 Å². The lowest BCUT2D eigenvalue weighted by Gasteiger charge is -2.16. The quantitative estimate of drug-likeness (QED) is 0.838. The van der Waals surface area contributed by atoms with E-state index in [0.717, 1.165) is 37.4 Å². The third kappa shape index (κ3) is 2.98. The Balaban J connectivity index is 1.84. The maximum absolute atomic E-state index is 5.94. The molecule has 1 N–H and O–H groups in total. The van der Waals surface area contributed by atoms with Crippen LogP contribution in [0.1, 0.15) is 38.5 Å². The number of benzene rings is 1. The van der Waals surface area contributed by atoms with Gasteiger partial charge in [-0.15, -0.1) is 0 Å². The van der Waals surface area contributed by atoms with Crippen molar-refractivity contribution in [2.24, 2.45) is 0 Å². The largest absolute Gasteiger partial charge is 0.487 e. The standard InChI is InChI=1S/C18H23NO2/c1-4-8-19-12-17-15(7-9-20-17)13-5-6-16-14(10-13)11-18(2,3)21-16/h5-7,9-10,19H,4,8,11-12H2,1-3H3. The minimum Gasteiger partial charge on any atom is -0.487 e. The molecule has 0 unspecified atom stereocenters. The van der Waals surface area contributed by atoms with E-state index >= 15 is 0 Å². The fraction of sp³-hybridized carbons (Fsp3) is 0.444. The molecule has 1 aliphatic rings. The number of nitrogens with one attached hydrogen (secondary N) is 1. The summed E-state index contributed by atoms with van der Waals surface area (Å²) in [6.07, 6.45) is 3.85. The Bertz CT molecular complexity index is 628. The Morgan fingerprint density at radius 1 is 1.24 bits per heavy atom. The summed E-state index contributed by atoms with van der Waals surface area (Å²) >= 11 is 0. The van der Waals surface area contributed by atoms with Crippen molar-refractivity contribution < 1.29 is 9.15 Å². The first kappa shape index (κ1) is 14.2. The van der Waals surface area contributed by atoms with Crippen molar-refractivity contribution in [3.63, 3.8) is 0 Å². The summed E-state index contributed by atoms with van der Waals surface area (Å²) in [7, 11) is 0. The molecule has 0 atom stereocenters. The molecule has 0 amide bonds. The van der Waals surface area contributed by atoms with Crippen LogP contribution >= 0.6 is 0 Å². The highest BCUT2D eigenvalue weighted by Crippen LogP contribution is 2.38. The Morgan fingerprint density at radius 2 is 2.10 bits per heavy atom. The first-order valence-corrected chi connectivity index (χ1v) is 7.68. The van der Waals surface area contributed by atoms with Crippen molar-refractivity contribution >= 4 is 0 Å². The zero-order valence-corrected chi connectivity index (χ0v) is 13.0. The molecule has 0 radical (unpaired) electrons. The lowest BCUT2D eigenvalue weighted by molar-refractivity contribution is 0.138. The van der Waals surface area contributed by atoms with Gasteiger partial charge in [0.25, 0.3) is 0 Å². The molecule has 1 aromatic carbocycles. The van der Waals surface area contributed by atoms with E-state index < -0.39 is 0 Å². The maximum atomic E-state index is 5.94.